The number of Topliss-reactive ketones (excluding diaryl/α,β-unsaturated/α-hetero) is 1. The zero-order valence-corrected chi connectivity index (χ0v) is 13.9. The molecule has 28 heavy (non-hydrogen) atoms. The molecule has 1 aromatic heterocycles. The molecule has 1 saturated heterocycles. The van der Waals surface area contributed by atoms with Gasteiger partial charge in [-0.1, -0.05) is 6.07 Å². The van der Waals surface area contributed by atoms with Crippen LogP contribution in [0.4, 0.5) is 18.0 Å². The summed E-state index contributed by atoms with van der Waals surface area (Å²) >= 11 is 0. The lowest BCUT2D eigenvalue weighted by Gasteiger charge is -2.45. The van der Waals surface area contributed by atoms with Gasteiger partial charge in [0.25, 0.3) is 0 Å². The Morgan fingerprint density at radius 3 is 2.46 bits per heavy atom. The number of urea groups is 1. The van der Waals surface area contributed by atoms with Gasteiger partial charge in [0, 0.05) is 18.0 Å². The van der Waals surface area contributed by atoms with E-state index in [2.05, 4.69) is 10.3 Å². The van der Waals surface area contributed by atoms with Gasteiger partial charge in [0.1, 0.15) is 5.92 Å². The van der Waals surface area contributed by atoms with Crippen LogP contribution in [0, 0.1) is 5.92 Å². The lowest BCUT2D eigenvalue weighted by Crippen LogP contribution is -2.72. The first-order valence-electron chi connectivity index (χ1n) is 7.88. The zero-order valence-electron chi connectivity index (χ0n) is 13.9. The SMILES string of the molecule is O=C1NC(c2ccc(O)c(O)c2)C(C(=O)c2cccnc2)C(O)(C(F)(F)F)N1. The predicted molar refractivity (Wildman–Crippen MR) is 87.2 cm³/mol. The average Bonchev–Trinajstić information content (AvgIpc) is 2.63. The number of alkyl halides is 3. The molecule has 8 nitrogen and oxygen atoms in total. The van der Waals surface area contributed by atoms with E-state index in [1.54, 1.807) is 0 Å². The second kappa shape index (κ2) is 6.68. The first-order valence-corrected chi connectivity index (χ1v) is 7.88. The number of aromatic nitrogens is 1. The van der Waals surface area contributed by atoms with Gasteiger partial charge < -0.3 is 26.0 Å². The first kappa shape index (κ1) is 19.4. The third-order valence-electron chi connectivity index (χ3n) is 4.39. The number of rotatable bonds is 3. The van der Waals surface area contributed by atoms with Crippen LogP contribution in [-0.4, -0.2) is 44.0 Å². The standard InChI is InChI=1S/C17H14F3N3O5/c18-17(19,20)16(28)12(14(26)9-2-1-5-21-7-9)13(22-15(27)23-16)8-3-4-10(24)11(25)6-8/h1-7,12-13,24-25,28H,(H2,22,23,27). The van der Waals surface area contributed by atoms with Crippen LogP contribution >= 0.6 is 0 Å². The molecule has 1 aromatic carbocycles. The normalized spacial score (nSPS) is 24.9. The summed E-state index contributed by atoms with van der Waals surface area (Å²) in [6, 6.07) is 2.51. The predicted octanol–water partition coefficient (Wildman–Crippen LogP) is 1.60. The largest absolute Gasteiger partial charge is 0.504 e. The van der Waals surface area contributed by atoms with Crippen LogP contribution in [-0.2, 0) is 0 Å². The van der Waals surface area contributed by atoms with Crippen LogP contribution in [0.2, 0.25) is 0 Å². The van der Waals surface area contributed by atoms with Crippen molar-refractivity contribution >= 4 is 11.8 Å². The fraction of sp³-hybridized carbons (Fsp3) is 0.235. The molecule has 2 aromatic rings. The van der Waals surface area contributed by atoms with E-state index in [9.17, 15) is 38.1 Å². The van der Waals surface area contributed by atoms with Crippen molar-refractivity contribution in [2.24, 2.45) is 5.92 Å². The number of phenolic OH excluding ortho intramolecular Hbond substituents is 2. The lowest BCUT2D eigenvalue weighted by atomic mass is 9.77. The molecule has 0 saturated carbocycles. The summed E-state index contributed by atoms with van der Waals surface area (Å²) in [4.78, 5) is 28.4. The number of aromatic hydroxyl groups is 2. The van der Waals surface area contributed by atoms with E-state index in [-0.39, 0.29) is 11.1 Å². The van der Waals surface area contributed by atoms with Gasteiger partial charge in [0.2, 0.25) is 5.72 Å². The van der Waals surface area contributed by atoms with Crippen molar-refractivity contribution in [3.63, 3.8) is 0 Å². The summed E-state index contributed by atoms with van der Waals surface area (Å²) in [6.07, 6.45) is -3.06. The molecule has 11 heteroatoms. The summed E-state index contributed by atoms with van der Waals surface area (Å²) in [5, 5.41) is 33.0. The molecule has 0 radical (unpaired) electrons. The highest BCUT2D eigenvalue weighted by molar-refractivity contribution is 6.00. The van der Waals surface area contributed by atoms with E-state index in [1.165, 1.54) is 23.6 Å². The maximum absolute atomic E-state index is 13.7. The van der Waals surface area contributed by atoms with Gasteiger partial charge in [0.05, 0.1) is 6.04 Å². The van der Waals surface area contributed by atoms with E-state index in [4.69, 9.17) is 0 Å². The lowest BCUT2D eigenvalue weighted by molar-refractivity contribution is -0.287. The number of aliphatic hydroxyl groups is 1. The van der Waals surface area contributed by atoms with Gasteiger partial charge in [-0.25, -0.2) is 4.79 Å². The Hall–Kier alpha value is -3.34. The molecule has 3 atom stereocenters. The fourth-order valence-corrected chi connectivity index (χ4v) is 3.04. The first-order chi connectivity index (χ1) is 13.0. The van der Waals surface area contributed by atoms with Crippen molar-refractivity contribution in [1.82, 2.24) is 15.6 Å². The third kappa shape index (κ3) is 3.20. The highest BCUT2D eigenvalue weighted by Gasteiger charge is 2.66. The number of hydrogen-bond acceptors (Lipinski definition) is 6. The molecule has 0 aliphatic carbocycles. The number of nitrogens with one attached hydrogen (secondary N) is 2. The number of ketones is 1. The molecular weight excluding hydrogens is 383 g/mol. The van der Waals surface area contributed by atoms with E-state index in [1.807, 2.05) is 0 Å². The molecule has 0 bridgehead atoms. The number of pyridine rings is 1. The molecule has 2 amide bonds. The van der Waals surface area contributed by atoms with E-state index >= 15 is 0 Å². The monoisotopic (exact) mass is 397 g/mol. The van der Waals surface area contributed by atoms with Crippen molar-refractivity contribution in [1.29, 1.82) is 0 Å². The van der Waals surface area contributed by atoms with Crippen LogP contribution in [0.15, 0.2) is 42.7 Å². The van der Waals surface area contributed by atoms with Crippen LogP contribution in [0.3, 0.4) is 0 Å². The molecule has 1 fully saturated rings. The van der Waals surface area contributed by atoms with Crippen LogP contribution < -0.4 is 10.6 Å². The van der Waals surface area contributed by atoms with Crippen LogP contribution in [0.1, 0.15) is 22.0 Å². The van der Waals surface area contributed by atoms with E-state index in [0.29, 0.717) is 0 Å². The molecule has 1 aliphatic heterocycles. The van der Waals surface area contributed by atoms with Gasteiger partial charge in [0.15, 0.2) is 17.3 Å². The minimum absolute atomic E-state index is 0.130. The Morgan fingerprint density at radius 2 is 1.89 bits per heavy atom. The Balaban J connectivity index is 2.18. The topological polar surface area (TPSA) is 132 Å². The maximum atomic E-state index is 13.7. The van der Waals surface area contributed by atoms with Crippen molar-refractivity contribution < 1.29 is 38.1 Å². The van der Waals surface area contributed by atoms with Crippen LogP contribution in [0.25, 0.3) is 0 Å². The second-order valence-electron chi connectivity index (χ2n) is 6.17. The Morgan fingerprint density at radius 1 is 1.18 bits per heavy atom. The molecule has 3 rings (SSSR count). The number of halogens is 3. The molecule has 1 aliphatic rings. The van der Waals surface area contributed by atoms with Gasteiger partial charge in [-0.3, -0.25) is 9.78 Å². The quantitative estimate of drug-likeness (QED) is 0.395. The smallest absolute Gasteiger partial charge is 0.437 e. The highest BCUT2D eigenvalue weighted by Crippen LogP contribution is 2.44. The molecule has 148 valence electrons. The van der Waals surface area contributed by atoms with Gasteiger partial charge >= 0.3 is 12.2 Å². The molecule has 5 N–H and O–H groups in total. The minimum Gasteiger partial charge on any atom is -0.504 e. The number of carbonyl (C=O) groups is 2. The highest BCUT2D eigenvalue weighted by atomic mass is 19.4. The summed E-state index contributed by atoms with van der Waals surface area (Å²) in [5.41, 5.74) is -4.24. The second-order valence-corrected chi connectivity index (χ2v) is 6.17. The van der Waals surface area contributed by atoms with Crippen molar-refractivity contribution in [2.45, 2.75) is 17.9 Å². The Bertz CT molecular complexity index is 922. The van der Waals surface area contributed by atoms with E-state index in [0.717, 1.165) is 24.4 Å². The van der Waals surface area contributed by atoms with Gasteiger partial charge in [-0.2, -0.15) is 13.2 Å². The molecule has 3 unspecified atom stereocenters. The number of carbonyl (C=O) groups excluding carboxylic acids is 2. The number of amides is 2. The van der Waals surface area contributed by atoms with E-state index < -0.39 is 47.2 Å². The fourth-order valence-electron chi connectivity index (χ4n) is 3.04. The third-order valence-corrected chi connectivity index (χ3v) is 4.39. The van der Waals surface area contributed by atoms with Crippen molar-refractivity contribution in [2.75, 3.05) is 0 Å². The van der Waals surface area contributed by atoms with Crippen molar-refractivity contribution in [3.05, 3.63) is 53.9 Å². The summed E-state index contributed by atoms with van der Waals surface area (Å²) in [5.74, 6) is -4.62. The van der Waals surface area contributed by atoms with Crippen molar-refractivity contribution in [3.8, 4) is 11.5 Å². The summed E-state index contributed by atoms with van der Waals surface area (Å²) in [6.45, 7) is 0. The summed E-state index contributed by atoms with van der Waals surface area (Å²) in [7, 11) is 0. The van der Waals surface area contributed by atoms with Crippen LogP contribution in [0.5, 0.6) is 11.5 Å². The van der Waals surface area contributed by atoms with Gasteiger partial charge in [-0.15, -0.1) is 0 Å². The molecule has 0 spiro atoms. The number of phenols is 2. The Kier molecular flexibility index (Phi) is 4.63. The maximum Gasteiger partial charge on any atom is 0.437 e. The zero-order chi connectivity index (χ0) is 20.7. The minimum atomic E-state index is -5.40. The van der Waals surface area contributed by atoms with Gasteiger partial charge in [-0.05, 0) is 29.8 Å². The summed E-state index contributed by atoms with van der Waals surface area (Å²) < 4.78 is 41.1. The number of hydrogen-bond donors (Lipinski definition) is 5. The Labute approximate surface area is 155 Å². The number of nitrogens with zero attached hydrogens (tertiary/aromatic N) is 1. The number of benzene rings is 1. The molecule has 2 heterocycles. The molecular formula is C17H14F3N3O5. The average molecular weight is 397 g/mol.